The van der Waals surface area contributed by atoms with Crippen molar-refractivity contribution >= 4 is 23.6 Å². The number of ether oxygens (including phenoxy) is 3. The quantitative estimate of drug-likeness (QED) is 0.135. The third kappa shape index (κ3) is 7.47. The van der Waals surface area contributed by atoms with Crippen molar-refractivity contribution in [2.75, 3.05) is 19.0 Å². The average molecular weight is 471 g/mol. The van der Waals surface area contributed by atoms with Crippen LogP contribution in [-0.4, -0.2) is 25.6 Å². The van der Waals surface area contributed by atoms with Crippen LogP contribution in [0.5, 0.6) is 17.2 Å². The Labute approximate surface area is 204 Å². The molecule has 0 spiro atoms. The predicted octanol–water partition coefficient (Wildman–Crippen LogP) is 5.64. The molecule has 35 heavy (non-hydrogen) atoms. The second-order valence-corrected chi connectivity index (χ2v) is 7.54. The molecule has 0 aliphatic rings. The van der Waals surface area contributed by atoms with Crippen LogP contribution in [0, 0.1) is 11.3 Å². The molecule has 0 bridgehead atoms. The molecule has 0 heterocycles. The highest BCUT2D eigenvalue weighted by molar-refractivity contribution is 6.04. The number of unbranched alkanes of at least 4 members (excludes halogenated alkanes) is 1. The Bertz CT molecular complexity index is 1210. The smallest absolute Gasteiger partial charge is 0.354 e. The van der Waals surface area contributed by atoms with Gasteiger partial charge in [-0.05, 0) is 78.7 Å². The van der Waals surface area contributed by atoms with Crippen molar-refractivity contribution in [1.29, 1.82) is 5.26 Å². The Morgan fingerprint density at radius 3 is 2.14 bits per heavy atom. The SMILES string of the molecule is CCCCOc1ccc(/C=C(\C#N)C(=O)Oc2ccc(C(=O)Nc3ccc(OC)cc3)cc2)cc1. The summed E-state index contributed by atoms with van der Waals surface area (Å²) in [4.78, 5) is 24.9. The largest absolute Gasteiger partial charge is 0.497 e. The van der Waals surface area contributed by atoms with Gasteiger partial charge in [0.25, 0.3) is 5.91 Å². The van der Waals surface area contributed by atoms with E-state index in [9.17, 15) is 14.9 Å². The first-order valence-corrected chi connectivity index (χ1v) is 11.1. The molecular weight excluding hydrogens is 444 g/mol. The minimum atomic E-state index is -0.786. The van der Waals surface area contributed by atoms with Gasteiger partial charge < -0.3 is 19.5 Å². The Kier molecular flexibility index (Phi) is 9.03. The van der Waals surface area contributed by atoms with Crippen molar-refractivity contribution in [3.05, 3.63) is 89.5 Å². The van der Waals surface area contributed by atoms with Gasteiger partial charge in [-0.2, -0.15) is 5.26 Å². The predicted molar refractivity (Wildman–Crippen MR) is 133 cm³/mol. The topological polar surface area (TPSA) is 97.6 Å². The lowest BCUT2D eigenvalue weighted by Crippen LogP contribution is -2.12. The van der Waals surface area contributed by atoms with Gasteiger partial charge in [0, 0.05) is 11.3 Å². The standard InChI is InChI=1S/C28H26N2O5/c1-3-4-17-34-25-11-5-20(6-12-25)18-22(19-29)28(32)35-26-13-7-21(8-14-26)27(31)30-23-9-15-24(33-2)16-10-23/h5-16,18H,3-4,17H2,1-2H3,(H,30,31)/b22-18+. The first-order valence-electron chi connectivity index (χ1n) is 11.1. The third-order valence-corrected chi connectivity index (χ3v) is 4.97. The van der Waals surface area contributed by atoms with Gasteiger partial charge in [0.05, 0.1) is 13.7 Å². The fourth-order valence-corrected chi connectivity index (χ4v) is 3.01. The maximum Gasteiger partial charge on any atom is 0.354 e. The number of carbonyl (C=O) groups excluding carboxylic acids is 2. The zero-order chi connectivity index (χ0) is 25.0. The molecule has 0 aliphatic heterocycles. The maximum absolute atomic E-state index is 12.5. The van der Waals surface area contributed by atoms with E-state index in [2.05, 4.69) is 12.2 Å². The van der Waals surface area contributed by atoms with E-state index < -0.39 is 5.97 Å². The molecule has 178 valence electrons. The number of carbonyl (C=O) groups is 2. The summed E-state index contributed by atoms with van der Waals surface area (Å²) < 4.78 is 16.0. The molecule has 0 aromatic heterocycles. The molecule has 0 saturated carbocycles. The molecule has 1 N–H and O–H groups in total. The molecule has 0 fully saturated rings. The van der Waals surface area contributed by atoms with E-state index in [0.717, 1.165) is 18.6 Å². The van der Waals surface area contributed by atoms with E-state index in [1.807, 2.05) is 6.07 Å². The van der Waals surface area contributed by atoms with E-state index in [0.29, 0.717) is 29.2 Å². The fourth-order valence-electron chi connectivity index (χ4n) is 3.01. The van der Waals surface area contributed by atoms with Crippen LogP contribution in [0.2, 0.25) is 0 Å². The molecule has 3 aromatic carbocycles. The van der Waals surface area contributed by atoms with Crippen molar-refractivity contribution < 1.29 is 23.8 Å². The van der Waals surface area contributed by atoms with Crippen LogP contribution in [0.15, 0.2) is 78.4 Å². The zero-order valence-electron chi connectivity index (χ0n) is 19.6. The van der Waals surface area contributed by atoms with Crippen LogP contribution in [0.25, 0.3) is 6.08 Å². The van der Waals surface area contributed by atoms with Gasteiger partial charge in [-0.3, -0.25) is 4.79 Å². The summed E-state index contributed by atoms with van der Waals surface area (Å²) in [5, 5.41) is 12.2. The number of nitriles is 1. The summed E-state index contributed by atoms with van der Waals surface area (Å²) in [5.74, 6) is 0.539. The van der Waals surface area contributed by atoms with Crippen LogP contribution in [0.4, 0.5) is 5.69 Å². The van der Waals surface area contributed by atoms with Crippen LogP contribution in [-0.2, 0) is 4.79 Å². The van der Waals surface area contributed by atoms with E-state index >= 15 is 0 Å². The van der Waals surface area contributed by atoms with Crippen LogP contribution in [0.3, 0.4) is 0 Å². The van der Waals surface area contributed by atoms with Crippen LogP contribution in [0.1, 0.15) is 35.7 Å². The van der Waals surface area contributed by atoms with E-state index in [1.54, 1.807) is 55.6 Å². The molecular formula is C28H26N2O5. The Morgan fingerprint density at radius 2 is 1.54 bits per heavy atom. The molecule has 0 unspecified atom stereocenters. The molecule has 7 heteroatoms. The summed E-state index contributed by atoms with van der Waals surface area (Å²) in [6.07, 6.45) is 3.48. The van der Waals surface area contributed by atoms with Gasteiger partial charge in [-0.25, -0.2) is 4.79 Å². The maximum atomic E-state index is 12.5. The second kappa shape index (κ2) is 12.6. The monoisotopic (exact) mass is 470 g/mol. The average Bonchev–Trinajstić information content (AvgIpc) is 2.89. The number of nitrogens with one attached hydrogen (secondary N) is 1. The number of hydrogen-bond acceptors (Lipinski definition) is 6. The Hall–Kier alpha value is -4.57. The number of amides is 1. The normalized spacial score (nSPS) is 10.7. The summed E-state index contributed by atoms with van der Waals surface area (Å²) in [6.45, 7) is 2.73. The molecule has 0 aliphatic carbocycles. The molecule has 0 radical (unpaired) electrons. The van der Waals surface area contributed by atoms with Crippen molar-refractivity contribution in [2.24, 2.45) is 0 Å². The van der Waals surface area contributed by atoms with E-state index in [-0.39, 0.29) is 17.2 Å². The highest BCUT2D eigenvalue weighted by atomic mass is 16.5. The Balaban J connectivity index is 1.59. The molecule has 3 rings (SSSR count). The van der Waals surface area contributed by atoms with Gasteiger partial charge >= 0.3 is 5.97 Å². The lowest BCUT2D eigenvalue weighted by molar-refractivity contribution is -0.129. The van der Waals surface area contributed by atoms with Gasteiger partial charge in [0.15, 0.2) is 0 Å². The first-order chi connectivity index (χ1) is 17.0. The number of esters is 1. The van der Waals surface area contributed by atoms with Crippen LogP contribution < -0.4 is 19.5 Å². The summed E-state index contributed by atoms with van der Waals surface area (Å²) >= 11 is 0. The van der Waals surface area contributed by atoms with Gasteiger partial charge in [0.2, 0.25) is 0 Å². The molecule has 7 nitrogen and oxygen atoms in total. The van der Waals surface area contributed by atoms with Crippen molar-refractivity contribution in [2.45, 2.75) is 19.8 Å². The zero-order valence-corrected chi connectivity index (χ0v) is 19.6. The number of hydrogen-bond donors (Lipinski definition) is 1. The molecule has 3 aromatic rings. The van der Waals surface area contributed by atoms with Gasteiger partial charge in [-0.1, -0.05) is 25.5 Å². The Morgan fingerprint density at radius 1 is 0.914 bits per heavy atom. The van der Waals surface area contributed by atoms with Gasteiger partial charge in [-0.15, -0.1) is 0 Å². The number of nitrogens with zero attached hydrogens (tertiary/aromatic N) is 1. The first kappa shape index (κ1) is 25.1. The van der Waals surface area contributed by atoms with E-state index in [1.165, 1.54) is 30.3 Å². The van der Waals surface area contributed by atoms with Crippen molar-refractivity contribution in [3.63, 3.8) is 0 Å². The lowest BCUT2D eigenvalue weighted by Gasteiger charge is -2.08. The number of anilines is 1. The van der Waals surface area contributed by atoms with Crippen molar-refractivity contribution in [1.82, 2.24) is 0 Å². The summed E-state index contributed by atoms with van der Waals surface area (Å²) in [5.41, 5.74) is 1.53. The highest BCUT2D eigenvalue weighted by Gasteiger charge is 2.13. The minimum absolute atomic E-state index is 0.147. The van der Waals surface area contributed by atoms with E-state index in [4.69, 9.17) is 14.2 Å². The van der Waals surface area contributed by atoms with Crippen LogP contribution >= 0.6 is 0 Å². The fraction of sp³-hybridized carbons (Fsp3) is 0.179. The highest BCUT2D eigenvalue weighted by Crippen LogP contribution is 2.19. The second-order valence-electron chi connectivity index (χ2n) is 7.54. The summed E-state index contributed by atoms with van der Waals surface area (Å²) in [7, 11) is 1.57. The lowest BCUT2D eigenvalue weighted by atomic mass is 10.1. The summed E-state index contributed by atoms with van der Waals surface area (Å²) in [6, 6.07) is 22.0. The van der Waals surface area contributed by atoms with Crippen molar-refractivity contribution in [3.8, 4) is 23.3 Å². The number of benzene rings is 3. The molecule has 0 saturated heterocycles. The third-order valence-electron chi connectivity index (χ3n) is 4.97. The van der Waals surface area contributed by atoms with Gasteiger partial charge in [0.1, 0.15) is 28.9 Å². The number of rotatable bonds is 10. The molecule has 1 amide bonds. The molecule has 0 atom stereocenters. The number of methoxy groups -OCH3 is 1. The minimum Gasteiger partial charge on any atom is -0.497 e.